The van der Waals surface area contributed by atoms with E-state index < -0.39 is 0 Å². The van der Waals surface area contributed by atoms with Crippen LogP contribution in [0.1, 0.15) is 23.0 Å². The number of hydrogen-bond donors (Lipinski definition) is 3. The number of nitrogens with one attached hydrogen (secondary N) is 3. The molecule has 1 heterocycles. The van der Waals surface area contributed by atoms with Crippen LogP contribution in [0.4, 0.5) is 21.6 Å². The summed E-state index contributed by atoms with van der Waals surface area (Å²) in [5.74, 6) is -0.313. The summed E-state index contributed by atoms with van der Waals surface area (Å²) in [5, 5.41) is 8.53. The molecule has 148 valence electrons. The van der Waals surface area contributed by atoms with E-state index in [-0.39, 0.29) is 23.3 Å². The lowest BCUT2D eigenvalue weighted by Crippen LogP contribution is -2.26. The van der Waals surface area contributed by atoms with Crippen molar-refractivity contribution >= 4 is 29.0 Å². The van der Waals surface area contributed by atoms with Gasteiger partial charge in [0.05, 0.1) is 12.4 Å². The fraction of sp³-hybridized carbons (Fsp3) is 0.143. The quantitative estimate of drug-likeness (QED) is 0.572. The van der Waals surface area contributed by atoms with Gasteiger partial charge in [-0.15, -0.1) is 0 Å². The van der Waals surface area contributed by atoms with E-state index in [1.54, 1.807) is 30.3 Å². The average Bonchev–Trinajstić information content (AvgIpc) is 2.70. The highest BCUT2D eigenvalue weighted by molar-refractivity contribution is 5.92. The van der Waals surface area contributed by atoms with Crippen molar-refractivity contribution in [3.05, 3.63) is 78.0 Å². The van der Waals surface area contributed by atoms with E-state index in [1.807, 2.05) is 6.07 Å². The summed E-state index contributed by atoms with van der Waals surface area (Å²) in [6.45, 7) is 1.84. The SMILES string of the molecule is CC(=O)Nc1cccc(Nc2cnc(C(=O)NCCc3ccc(F)cc3)cn2)c1. The normalized spacial score (nSPS) is 10.3. The van der Waals surface area contributed by atoms with Gasteiger partial charge in [-0.1, -0.05) is 18.2 Å². The molecule has 0 bridgehead atoms. The fourth-order valence-electron chi connectivity index (χ4n) is 2.60. The summed E-state index contributed by atoms with van der Waals surface area (Å²) in [6.07, 6.45) is 3.43. The van der Waals surface area contributed by atoms with Gasteiger partial charge in [0.1, 0.15) is 17.3 Å². The third-order valence-corrected chi connectivity index (χ3v) is 3.95. The van der Waals surface area contributed by atoms with Crippen molar-refractivity contribution in [2.75, 3.05) is 17.2 Å². The van der Waals surface area contributed by atoms with E-state index in [4.69, 9.17) is 0 Å². The maximum Gasteiger partial charge on any atom is 0.271 e. The summed E-state index contributed by atoms with van der Waals surface area (Å²) in [4.78, 5) is 31.6. The van der Waals surface area contributed by atoms with Gasteiger partial charge in [-0.25, -0.2) is 14.4 Å². The molecule has 3 N–H and O–H groups in total. The highest BCUT2D eigenvalue weighted by Gasteiger charge is 2.08. The second kappa shape index (κ2) is 9.41. The van der Waals surface area contributed by atoms with Crippen molar-refractivity contribution < 1.29 is 14.0 Å². The van der Waals surface area contributed by atoms with Crippen molar-refractivity contribution in [3.8, 4) is 0 Å². The molecule has 0 aliphatic heterocycles. The monoisotopic (exact) mass is 393 g/mol. The smallest absolute Gasteiger partial charge is 0.271 e. The highest BCUT2D eigenvalue weighted by Crippen LogP contribution is 2.18. The van der Waals surface area contributed by atoms with Crippen molar-refractivity contribution in [2.45, 2.75) is 13.3 Å². The Morgan fingerprint density at radius 1 is 1.00 bits per heavy atom. The number of halogens is 1. The molecule has 0 aliphatic carbocycles. The molecule has 0 atom stereocenters. The van der Waals surface area contributed by atoms with Crippen LogP contribution in [0, 0.1) is 5.82 Å². The summed E-state index contributed by atoms with van der Waals surface area (Å²) in [6, 6.07) is 13.3. The standard InChI is InChI=1S/C21H20FN5O2/c1-14(28)26-17-3-2-4-18(11-17)27-20-13-24-19(12-25-20)21(29)23-10-9-15-5-7-16(22)8-6-15/h2-8,11-13H,9-10H2,1H3,(H,23,29)(H,25,27)(H,26,28). The second-order valence-corrected chi connectivity index (χ2v) is 6.31. The molecule has 0 saturated carbocycles. The number of hydrogen-bond acceptors (Lipinski definition) is 5. The number of carbonyl (C=O) groups is 2. The predicted molar refractivity (Wildman–Crippen MR) is 108 cm³/mol. The number of nitrogens with zero attached hydrogens (tertiary/aromatic N) is 2. The zero-order valence-corrected chi connectivity index (χ0v) is 15.8. The van der Waals surface area contributed by atoms with Crippen LogP contribution in [0.2, 0.25) is 0 Å². The summed E-state index contributed by atoms with van der Waals surface area (Å²) in [7, 11) is 0. The van der Waals surface area contributed by atoms with Crippen LogP contribution in [-0.4, -0.2) is 28.3 Å². The summed E-state index contributed by atoms with van der Waals surface area (Å²) < 4.78 is 12.9. The van der Waals surface area contributed by atoms with Crippen LogP contribution in [0.3, 0.4) is 0 Å². The number of benzene rings is 2. The van der Waals surface area contributed by atoms with Crippen molar-refractivity contribution in [1.29, 1.82) is 0 Å². The van der Waals surface area contributed by atoms with Gasteiger partial charge in [-0.05, 0) is 42.3 Å². The third-order valence-electron chi connectivity index (χ3n) is 3.95. The Kier molecular flexibility index (Phi) is 6.47. The minimum absolute atomic E-state index is 0.156. The maximum atomic E-state index is 12.9. The van der Waals surface area contributed by atoms with Crippen molar-refractivity contribution in [1.82, 2.24) is 15.3 Å². The second-order valence-electron chi connectivity index (χ2n) is 6.31. The van der Waals surface area contributed by atoms with Gasteiger partial charge < -0.3 is 16.0 Å². The molecular formula is C21H20FN5O2. The lowest BCUT2D eigenvalue weighted by atomic mass is 10.1. The minimum Gasteiger partial charge on any atom is -0.350 e. The molecule has 0 fully saturated rings. The lowest BCUT2D eigenvalue weighted by molar-refractivity contribution is -0.114. The molecular weight excluding hydrogens is 373 g/mol. The molecule has 0 aliphatic rings. The zero-order valence-electron chi connectivity index (χ0n) is 15.8. The van der Waals surface area contributed by atoms with E-state index in [2.05, 4.69) is 25.9 Å². The number of amides is 2. The molecule has 0 spiro atoms. The van der Waals surface area contributed by atoms with Crippen molar-refractivity contribution in [2.24, 2.45) is 0 Å². The van der Waals surface area contributed by atoms with Gasteiger partial charge in [0, 0.05) is 24.8 Å². The first kappa shape index (κ1) is 19.9. The van der Waals surface area contributed by atoms with E-state index in [1.165, 1.54) is 31.5 Å². The molecule has 7 nitrogen and oxygen atoms in total. The Balaban J connectivity index is 1.53. The minimum atomic E-state index is -0.334. The Labute approximate surface area is 167 Å². The molecule has 29 heavy (non-hydrogen) atoms. The number of aromatic nitrogens is 2. The highest BCUT2D eigenvalue weighted by atomic mass is 19.1. The number of rotatable bonds is 7. The topological polar surface area (TPSA) is 96.0 Å². The Morgan fingerprint density at radius 3 is 2.45 bits per heavy atom. The largest absolute Gasteiger partial charge is 0.350 e. The predicted octanol–water partition coefficient (Wildman–Crippen LogP) is 3.29. The molecule has 2 amide bonds. The van der Waals surface area contributed by atoms with Gasteiger partial charge >= 0.3 is 0 Å². The average molecular weight is 393 g/mol. The Morgan fingerprint density at radius 2 is 1.76 bits per heavy atom. The number of anilines is 3. The summed E-state index contributed by atoms with van der Waals surface area (Å²) >= 11 is 0. The maximum absolute atomic E-state index is 12.9. The first-order valence-corrected chi connectivity index (χ1v) is 8.99. The Hall–Kier alpha value is -3.81. The van der Waals surface area contributed by atoms with Crippen LogP contribution < -0.4 is 16.0 Å². The molecule has 0 radical (unpaired) electrons. The fourth-order valence-corrected chi connectivity index (χ4v) is 2.60. The zero-order chi connectivity index (χ0) is 20.6. The van der Waals surface area contributed by atoms with Crippen LogP contribution in [0.25, 0.3) is 0 Å². The van der Waals surface area contributed by atoms with E-state index in [9.17, 15) is 14.0 Å². The third kappa shape index (κ3) is 6.10. The van der Waals surface area contributed by atoms with Crippen LogP contribution in [0.15, 0.2) is 60.9 Å². The van der Waals surface area contributed by atoms with Gasteiger partial charge in [0.2, 0.25) is 5.91 Å². The first-order chi connectivity index (χ1) is 14.0. The van der Waals surface area contributed by atoms with Gasteiger partial charge in [-0.3, -0.25) is 9.59 Å². The number of carbonyl (C=O) groups excluding carboxylic acids is 2. The lowest BCUT2D eigenvalue weighted by Gasteiger charge is -2.09. The molecule has 8 heteroatoms. The molecule has 0 saturated heterocycles. The molecule has 3 aromatic rings. The van der Waals surface area contributed by atoms with Gasteiger partial charge in [0.25, 0.3) is 5.91 Å². The molecule has 2 aromatic carbocycles. The van der Waals surface area contributed by atoms with Crippen LogP contribution in [0.5, 0.6) is 0 Å². The van der Waals surface area contributed by atoms with E-state index in [0.717, 1.165) is 11.3 Å². The van der Waals surface area contributed by atoms with Crippen LogP contribution >= 0.6 is 0 Å². The van der Waals surface area contributed by atoms with E-state index in [0.29, 0.717) is 24.5 Å². The summed E-state index contributed by atoms with van der Waals surface area (Å²) in [5.41, 5.74) is 2.51. The van der Waals surface area contributed by atoms with Gasteiger partial charge in [-0.2, -0.15) is 0 Å². The molecule has 3 rings (SSSR count). The Bertz CT molecular complexity index is 991. The molecule has 1 aromatic heterocycles. The van der Waals surface area contributed by atoms with Crippen molar-refractivity contribution in [3.63, 3.8) is 0 Å². The molecule has 0 unspecified atom stereocenters. The van der Waals surface area contributed by atoms with Gasteiger partial charge in [0.15, 0.2) is 0 Å². The van der Waals surface area contributed by atoms with Crippen LogP contribution in [-0.2, 0) is 11.2 Å². The first-order valence-electron chi connectivity index (χ1n) is 8.99. The van der Waals surface area contributed by atoms with E-state index >= 15 is 0 Å².